The minimum absolute atomic E-state index is 0.247. The van der Waals surface area contributed by atoms with E-state index in [1.54, 1.807) is 6.92 Å². The summed E-state index contributed by atoms with van der Waals surface area (Å²) in [7, 11) is 0. The highest BCUT2D eigenvalue weighted by atomic mass is 19.4. The zero-order chi connectivity index (χ0) is 16.0. The molecule has 7 heteroatoms. The van der Waals surface area contributed by atoms with Gasteiger partial charge in [0.1, 0.15) is 6.61 Å². The van der Waals surface area contributed by atoms with Crippen molar-refractivity contribution in [2.45, 2.75) is 32.1 Å². The summed E-state index contributed by atoms with van der Waals surface area (Å²) in [6.45, 7) is 1.79. The van der Waals surface area contributed by atoms with Crippen LogP contribution < -0.4 is 0 Å². The molecule has 0 N–H and O–H groups in total. The zero-order valence-electron chi connectivity index (χ0n) is 12.3. The number of alkyl halides is 3. The molecule has 2 rings (SSSR count). The summed E-state index contributed by atoms with van der Waals surface area (Å²) >= 11 is 0. The second kappa shape index (κ2) is 7.92. The van der Waals surface area contributed by atoms with E-state index in [9.17, 15) is 13.2 Å². The third-order valence-electron chi connectivity index (χ3n) is 3.06. The molecule has 124 valence electrons. The molecule has 0 saturated carbocycles. The van der Waals surface area contributed by atoms with E-state index in [1.807, 2.05) is 24.3 Å². The molecule has 0 aliphatic carbocycles. The molecule has 1 atom stereocenters. The van der Waals surface area contributed by atoms with E-state index in [1.165, 1.54) is 0 Å². The topological polar surface area (TPSA) is 36.9 Å². The van der Waals surface area contributed by atoms with Crippen LogP contribution in [-0.4, -0.2) is 38.9 Å². The van der Waals surface area contributed by atoms with Gasteiger partial charge in [-0.15, -0.1) is 0 Å². The fraction of sp³-hybridized carbons (Fsp3) is 0.600. The first-order valence-electron chi connectivity index (χ1n) is 7.10. The molecule has 1 fully saturated rings. The van der Waals surface area contributed by atoms with Gasteiger partial charge < -0.3 is 18.9 Å². The van der Waals surface area contributed by atoms with Crippen molar-refractivity contribution in [3.8, 4) is 0 Å². The van der Waals surface area contributed by atoms with Gasteiger partial charge in [-0.05, 0) is 12.5 Å². The summed E-state index contributed by atoms with van der Waals surface area (Å²) in [6, 6.07) is 7.28. The highest BCUT2D eigenvalue weighted by molar-refractivity contribution is 5.24. The minimum Gasteiger partial charge on any atom is -0.353 e. The van der Waals surface area contributed by atoms with Crippen molar-refractivity contribution in [1.82, 2.24) is 0 Å². The van der Waals surface area contributed by atoms with Gasteiger partial charge in [0.25, 0.3) is 0 Å². The van der Waals surface area contributed by atoms with Gasteiger partial charge in [0.2, 0.25) is 0 Å². The lowest BCUT2D eigenvalue weighted by atomic mass is 10.1. The van der Waals surface area contributed by atoms with E-state index in [0.717, 1.165) is 11.1 Å². The van der Waals surface area contributed by atoms with Crippen LogP contribution in [0.2, 0.25) is 0 Å². The molecule has 1 unspecified atom stereocenters. The molecule has 0 bridgehead atoms. The molecule has 4 nitrogen and oxygen atoms in total. The van der Waals surface area contributed by atoms with Crippen LogP contribution in [0.1, 0.15) is 24.3 Å². The predicted molar refractivity (Wildman–Crippen MR) is 72.2 cm³/mol. The summed E-state index contributed by atoms with van der Waals surface area (Å²) in [5.41, 5.74) is 1.70. The fourth-order valence-electron chi connectivity index (χ4n) is 2.09. The Bertz CT molecular complexity index is 441. The summed E-state index contributed by atoms with van der Waals surface area (Å²) < 4.78 is 57.4. The van der Waals surface area contributed by atoms with E-state index in [2.05, 4.69) is 0 Å². The summed E-state index contributed by atoms with van der Waals surface area (Å²) in [6.07, 6.45) is -5.40. The van der Waals surface area contributed by atoms with Crippen LogP contribution in [0, 0.1) is 0 Å². The van der Waals surface area contributed by atoms with E-state index in [4.69, 9.17) is 18.9 Å². The maximum absolute atomic E-state index is 12.2. The van der Waals surface area contributed by atoms with E-state index >= 15 is 0 Å². The maximum Gasteiger partial charge on any atom is 0.411 e. The van der Waals surface area contributed by atoms with Gasteiger partial charge in [-0.2, -0.15) is 13.2 Å². The quantitative estimate of drug-likeness (QED) is 0.723. The Hall–Kier alpha value is -1.15. The number of hydrogen-bond acceptors (Lipinski definition) is 4. The lowest BCUT2D eigenvalue weighted by Gasteiger charge is -2.19. The Morgan fingerprint density at radius 3 is 2.32 bits per heavy atom. The second-order valence-corrected chi connectivity index (χ2v) is 4.83. The molecule has 1 heterocycles. The lowest BCUT2D eigenvalue weighted by molar-refractivity contribution is -0.227. The number of hydrogen-bond donors (Lipinski definition) is 0. The normalized spacial score (nSPS) is 17.8. The first-order valence-corrected chi connectivity index (χ1v) is 7.10. The lowest BCUT2D eigenvalue weighted by Crippen LogP contribution is -2.27. The standard InChI is InChI=1S/C15H19F3O4/c1-2-19-13(22-10-15(16,17)18)9-11-3-5-12(6-4-11)14-20-7-8-21-14/h3-6,13-14H,2,7-10H2,1H3. The molecule has 0 spiro atoms. The molecular weight excluding hydrogens is 301 g/mol. The van der Waals surface area contributed by atoms with E-state index < -0.39 is 19.1 Å². The molecular formula is C15H19F3O4. The predicted octanol–water partition coefficient (Wildman–Crippen LogP) is 3.22. The molecule has 1 aliphatic rings. The number of benzene rings is 1. The summed E-state index contributed by atoms with van der Waals surface area (Å²) in [4.78, 5) is 0. The van der Waals surface area contributed by atoms with Gasteiger partial charge >= 0.3 is 6.18 Å². The molecule has 1 aromatic rings. The highest BCUT2D eigenvalue weighted by Gasteiger charge is 2.29. The summed E-state index contributed by atoms with van der Waals surface area (Å²) in [5.74, 6) is 0. The van der Waals surface area contributed by atoms with Crippen LogP contribution in [0.4, 0.5) is 13.2 Å². The minimum atomic E-state index is -4.36. The SMILES string of the molecule is CCOC(Cc1ccc(C2OCCO2)cc1)OCC(F)(F)F. The van der Waals surface area contributed by atoms with Crippen molar-refractivity contribution in [2.24, 2.45) is 0 Å². The first kappa shape index (κ1) is 17.2. The fourth-order valence-corrected chi connectivity index (χ4v) is 2.09. The Morgan fingerprint density at radius 2 is 1.77 bits per heavy atom. The third kappa shape index (κ3) is 5.57. The maximum atomic E-state index is 12.2. The van der Waals surface area contributed by atoms with Gasteiger partial charge in [0, 0.05) is 18.6 Å². The largest absolute Gasteiger partial charge is 0.411 e. The Morgan fingerprint density at radius 1 is 1.14 bits per heavy atom. The van der Waals surface area contributed by atoms with Crippen LogP contribution in [0.25, 0.3) is 0 Å². The number of rotatable bonds is 7. The monoisotopic (exact) mass is 320 g/mol. The molecule has 0 amide bonds. The van der Waals surface area contributed by atoms with Crippen LogP contribution >= 0.6 is 0 Å². The molecule has 1 saturated heterocycles. The van der Waals surface area contributed by atoms with Gasteiger partial charge in [0.05, 0.1) is 13.2 Å². The Kier molecular flexibility index (Phi) is 6.19. The van der Waals surface area contributed by atoms with Crippen molar-refractivity contribution in [2.75, 3.05) is 26.4 Å². The Labute approximate surface area is 127 Å². The van der Waals surface area contributed by atoms with Crippen LogP contribution in [-0.2, 0) is 25.4 Å². The van der Waals surface area contributed by atoms with Crippen molar-refractivity contribution in [3.63, 3.8) is 0 Å². The molecule has 22 heavy (non-hydrogen) atoms. The first-order chi connectivity index (χ1) is 10.5. The molecule has 1 aliphatic heterocycles. The highest BCUT2D eigenvalue weighted by Crippen LogP contribution is 2.24. The average Bonchev–Trinajstić information content (AvgIpc) is 2.99. The van der Waals surface area contributed by atoms with Crippen LogP contribution in [0.15, 0.2) is 24.3 Å². The van der Waals surface area contributed by atoms with E-state index in [0.29, 0.717) is 13.2 Å². The van der Waals surface area contributed by atoms with Crippen molar-refractivity contribution < 1.29 is 32.1 Å². The van der Waals surface area contributed by atoms with Gasteiger partial charge in [-0.1, -0.05) is 24.3 Å². The molecule has 0 aromatic heterocycles. The van der Waals surface area contributed by atoms with Crippen LogP contribution in [0.5, 0.6) is 0 Å². The summed E-state index contributed by atoms with van der Waals surface area (Å²) in [5, 5.41) is 0. The molecule has 1 aromatic carbocycles. The van der Waals surface area contributed by atoms with Gasteiger partial charge in [0.15, 0.2) is 12.6 Å². The molecule has 0 radical (unpaired) electrons. The van der Waals surface area contributed by atoms with Gasteiger partial charge in [-0.25, -0.2) is 0 Å². The van der Waals surface area contributed by atoms with Crippen LogP contribution in [0.3, 0.4) is 0 Å². The zero-order valence-corrected chi connectivity index (χ0v) is 12.3. The Balaban J connectivity index is 1.91. The van der Waals surface area contributed by atoms with Crippen molar-refractivity contribution >= 4 is 0 Å². The number of ether oxygens (including phenoxy) is 4. The van der Waals surface area contributed by atoms with E-state index in [-0.39, 0.29) is 19.3 Å². The number of halogens is 3. The smallest absolute Gasteiger partial charge is 0.353 e. The van der Waals surface area contributed by atoms with Crippen molar-refractivity contribution in [1.29, 1.82) is 0 Å². The second-order valence-electron chi connectivity index (χ2n) is 4.83. The third-order valence-corrected chi connectivity index (χ3v) is 3.06. The van der Waals surface area contributed by atoms with Crippen molar-refractivity contribution in [3.05, 3.63) is 35.4 Å². The van der Waals surface area contributed by atoms with Gasteiger partial charge in [-0.3, -0.25) is 0 Å². The average molecular weight is 320 g/mol.